The number of benzene rings is 1. The van der Waals surface area contributed by atoms with Gasteiger partial charge < -0.3 is 20.9 Å². The Morgan fingerprint density at radius 2 is 1.95 bits per heavy atom. The highest BCUT2D eigenvalue weighted by atomic mass is 16.5. The Kier molecular flexibility index (Phi) is 5.47. The Morgan fingerprint density at radius 1 is 1.32 bits per heavy atom. The van der Waals surface area contributed by atoms with Crippen molar-refractivity contribution in [3.05, 3.63) is 29.8 Å². The van der Waals surface area contributed by atoms with Crippen LogP contribution in [0.15, 0.2) is 24.3 Å². The molecule has 0 aliphatic rings. The Labute approximate surface area is 111 Å². The third kappa shape index (κ3) is 4.69. The summed E-state index contributed by atoms with van der Waals surface area (Å²) in [5.74, 6) is -0.607. The number of carbonyl (C=O) groups is 2. The fraction of sp³-hybridized carbons (Fsp3) is 0.385. The summed E-state index contributed by atoms with van der Waals surface area (Å²) in [7, 11) is 0. The summed E-state index contributed by atoms with van der Waals surface area (Å²) >= 11 is 0. The summed E-state index contributed by atoms with van der Waals surface area (Å²) in [6.07, 6.45) is -0.525. The molecule has 0 aliphatic heterocycles. The Balaban J connectivity index is 2.67. The normalized spacial score (nSPS) is 13.6. The second kappa shape index (κ2) is 6.86. The second-order valence-electron chi connectivity index (χ2n) is 4.15. The minimum atomic E-state index is -0.874. The lowest BCUT2D eigenvalue weighted by molar-refractivity contribution is -0.132. The first-order valence-electron chi connectivity index (χ1n) is 5.84. The van der Waals surface area contributed by atoms with Crippen molar-refractivity contribution in [2.24, 2.45) is 11.5 Å². The average molecular weight is 266 g/mol. The predicted molar refractivity (Wildman–Crippen MR) is 69.2 cm³/mol. The number of amides is 1. The largest absolute Gasteiger partial charge is 0.426 e. The number of ether oxygens (including phenoxy) is 2. The average Bonchev–Trinajstić information content (AvgIpc) is 2.35. The monoisotopic (exact) mass is 266 g/mol. The molecule has 0 aromatic heterocycles. The van der Waals surface area contributed by atoms with Crippen molar-refractivity contribution in [3.8, 4) is 5.75 Å². The number of nitrogens with two attached hydrogens (primary N) is 2. The van der Waals surface area contributed by atoms with Gasteiger partial charge in [0.25, 0.3) is 0 Å². The van der Waals surface area contributed by atoms with E-state index in [1.54, 1.807) is 31.2 Å². The second-order valence-corrected chi connectivity index (χ2v) is 4.15. The van der Waals surface area contributed by atoms with Crippen LogP contribution >= 0.6 is 0 Å². The van der Waals surface area contributed by atoms with Crippen LogP contribution < -0.4 is 16.2 Å². The third-order valence-electron chi connectivity index (χ3n) is 2.56. The zero-order valence-corrected chi connectivity index (χ0v) is 11.0. The van der Waals surface area contributed by atoms with Crippen LogP contribution in [0.2, 0.25) is 0 Å². The molecule has 1 aromatic carbocycles. The van der Waals surface area contributed by atoms with Crippen LogP contribution in [-0.2, 0) is 20.9 Å². The smallest absolute Gasteiger partial charge is 0.308 e. The molecule has 104 valence electrons. The molecule has 4 N–H and O–H groups in total. The number of para-hydroxylation sites is 1. The van der Waals surface area contributed by atoms with Gasteiger partial charge in [-0.1, -0.05) is 18.2 Å². The van der Waals surface area contributed by atoms with Gasteiger partial charge in [-0.2, -0.15) is 0 Å². The minimum Gasteiger partial charge on any atom is -0.426 e. The van der Waals surface area contributed by atoms with E-state index >= 15 is 0 Å². The van der Waals surface area contributed by atoms with E-state index in [4.69, 9.17) is 20.9 Å². The van der Waals surface area contributed by atoms with Crippen LogP contribution in [0.4, 0.5) is 0 Å². The molecule has 1 rings (SSSR count). The molecule has 6 nitrogen and oxygen atoms in total. The molecule has 0 fully saturated rings. The fourth-order valence-electron chi connectivity index (χ4n) is 1.43. The van der Waals surface area contributed by atoms with Gasteiger partial charge in [0.15, 0.2) is 0 Å². The predicted octanol–water partition coefficient (Wildman–Crippen LogP) is 0.330. The summed E-state index contributed by atoms with van der Waals surface area (Å²) in [5, 5.41) is 0. The maximum absolute atomic E-state index is 11.0. The van der Waals surface area contributed by atoms with Gasteiger partial charge in [0.2, 0.25) is 5.91 Å². The summed E-state index contributed by atoms with van der Waals surface area (Å²) in [6.45, 7) is 3.15. The molecule has 2 atom stereocenters. The molecule has 19 heavy (non-hydrogen) atoms. The number of hydrogen-bond acceptors (Lipinski definition) is 5. The molecule has 0 saturated carbocycles. The molecule has 0 unspecified atom stereocenters. The van der Waals surface area contributed by atoms with Crippen LogP contribution in [0.5, 0.6) is 5.75 Å². The van der Waals surface area contributed by atoms with Gasteiger partial charge in [-0.25, -0.2) is 0 Å². The number of carbonyl (C=O) groups excluding carboxylic acids is 2. The van der Waals surface area contributed by atoms with Gasteiger partial charge in [0.05, 0.1) is 12.7 Å². The van der Waals surface area contributed by atoms with E-state index in [1.165, 1.54) is 6.92 Å². The van der Waals surface area contributed by atoms with Gasteiger partial charge in [-0.3, -0.25) is 9.59 Å². The number of hydrogen-bond donors (Lipinski definition) is 2. The van der Waals surface area contributed by atoms with Gasteiger partial charge in [0.1, 0.15) is 11.8 Å². The summed E-state index contributed by atoms with van der Waals surface area (Å²) in [4.78, 5) is 21.9. The SMILES string of the molecule is CC(=O)Oc1ccccc1CO[C@H](C)[C@H](N)C(N)=O. The van der Waals surface area contributed by atoms with Crippen LogP contribution in [0.25, 0.3) is 0 Å². The van der Waals surface area contributed by atoms with Crippen LogP contribution in [0.1, 0.15) is 19.4 Å². The molecule has 0 spiro atoms. The highest BCUT2D eigenvalue weighted by molar-refractivity contribution is 5.80. The minimum absolute atomic E-state index is 0.172. The molecule has 6 heteroatoms. The van der Waals surface area contributed by atoms with E-state index in [1.807, 2.05) is 0 Å². The van der Waals surface area contributed by atoms with E-state index in [0.29, 0.717) is 11.3 Å². The first-order valence-corrected chi connectivity index (χ1v) is 5.84. The first-order chi connectivity index (χ1) is 8.91. The highest BCUT2D eigenvalue weighted by Crippen LogP contribution is 2.19. The van der Waals surface area contributed by atoms with Gasteiger partial charge in [-0.05, 0) is 13.0 Å². The Morgan fingerprint density at radius 3 is 2.53 bits per heavy atom. The zero-order valence-electron chi connectivity index (χ0n) is 11.0. The van der Waals surface area contributed by atoms with Crippen LogP contribution in [0, 0.1) is 0 Å². The first kappa shape index (κ1) is 15.1. The molecule has 0 radical (unpaired) electrons. The molecule has 0 bridgehead atoms. The van der Waals surface area contributed by atoms with Crippen molar-refractivity contribution in [3.63, 3.8) is 0 Å². The quantitative estimate of drug-likeness (QED) is 0.570. The Hall–Kier alpha value is -1.92. The lowest BCUT2D eigenvalue weighted by Crippen LogP contribution is -2.45. The van der Waals surface area contributed by atoms with Gasteiger partial charge in [-0.15, -0.1) is 0 Å². The third-order valence-corrected chi connectivity index (χ3v) is 2.56. The fourth-order valence-corrected chi connectivity index (χ4v) is 1.43. The lowest BCUT2D eigenvalue weighted by atomic mass is 10.2. The van der Waals surface area contributed by atoms with E-state index in [0.717, 1.165) is 0 Å². The molecule has 0 aliphatic carbocycles. The van der Waals surface area contributed by atoms with Crippen molar-refractivity contribution in [1.82, 2.24) is 0 Å². The van der Waals surface area contributed by atoms with Crippen molar-refractivity contribution in [1.29, 1.82) is 0 Å². The van der Waals surface area contributed by atoms with E-state index < -0.39 is 24.0 Å². The van der Waals surface area contributed by atoms with E-state index in [9.17, 15) is 9.59 Å². The van der Waals surface area contributed by atoms with E-state index in [-0.39, 0.29) is 6.61 Å². The maximum atomic E-state index is 11.0. The van der Waals surface area contributed by atoms with E-state index in [2.05, 4.69) is 0 Å². The van der Waals surface area contributed by atoms with Crippen LogP contribution in [-0.4, -0.2) is 24.0 Å². The highest BCUT2D eigenvalue weighted by Gasteiger charge is 2.19. The molecule has 0 heterocycles. The lowest BCUT2D eigenvalue weighted by Gasteiger charge is -2.18. The summed E-state index contributed by atoms with van der Waals surface area (Å²) < 4.78 is 10.5. The summed E-state index contributed by atoms with van der Waals surface area (Å²) in [5.41, 5.74) is 11.3. The Bertz CT molecular complexity index is 462. The van der Waals surface area contributed by atoms with Crippen molar-refractivity contribution < 1.29 is 19.1 Å². The molecule has 1 aromatic rings. The standard InChI is InChI=1S/C13H18N2O4/c1-8(12(14)13(15)17)18-7-10-5-3-4-6-11(10)19-9(2)16/h3-6,8,12H,7,14H2,1-2H3,(H2,15,17)/t8-,12+/m1/s1. The van der Waals surface area contributed by atoms with Crippen LogP contribution in [0.3, 0.4) is 0 Å². The molecular weight excluding hydrogens is 248 g/mol. The van der Waals surface area contributed by atoms with Gasteiger partial charge in [0, 0.05) is 12.5 Å². The van der Waals surface area contributed by atoms with Gasteiger partial charge >= 0.3 is 5.97 Å². The van der Waals surface area contributed by atoms with Crippen molar-refractivity contribution >= 4 is 11.9 Å². The molecule has 0 saturated heterocycles. The van der Waals surface area contributed by atoms with Crippen molar-refractivity contribution in [2.75, 3.05) is 0 Å². The van der Waals surface area contributed by atoms with Crippen molar-refractivity contribution in [2.45, 2.75) is 32.6 Å². The molecule has 1 amide bonds. The molecular formula is C13H18N2O4. The zero-order chi connectivity index (χ0) is 14.4. The number of rotatable bonds is 6. The topological polar surface area (TPSA) is 105 Å². The number of primary amides is 1. The maximum Gasteiger partial charge on any atom is 0.308 e. The summed E-state index contributed by atoms with van der Waals surface area (Å²) in [6, 6.07) is 6.10. The number of esters is 1.